The summed E-state index contributed by atoms with van der Waals surface area (Å²) >= 11 is 0. The van der Waals surface area contributed by atoms with Crippen molar-refractivity contribution in [1.82, 2.24) is 10.2 Å². The van der Waals surface area contributed by atoms with Crippen molar-refractivity contribution in [2.45, 2.75) is 32.7 Å². The smallest absolute Gasteiger partial charge is 0.252 e. The van der Waals surface area contributed by atoms with Gasteiger partial charge in [0.25, 0.3) is 5.91 Å². The quantitative estimate of drug-likeness (QED) is 0.910. The van der Waals surface area contributed by atoms with E-state index in [1.807, 2.05) is 67.3 Å². The second-order valence-electron chi connectivity index (χ2n) is 6.70. The molecule has 0 radical (unpaired) electrons. The molecule has 2 amide bonds. The lowest BCUT2D eigenvalue weighted by atomic mass is 10.0. The van der Waals surface area contributed by atoms with E-state index in [2.05, 4.69) is 5.32 Å². The van der Waals surface area contributed by atoms with Gasteiger partial charge in [-0.05, 0) is 37.5 Å². The Morgan fingerprint density at radius 1 is 1.16 bits per heavy atom. The van der Waals surface area contributed by atoms with E-state index in [0.29, 0.717) is 18.5 Å². The minimum atomic E-state index is -0.212. The highest BCUT2D eigenvalue weighted by Gasteiger charge is 2.25. The van der Waals surface area contributed by atoms with Gasteiger partial charge in [-0.3, -0.25) is 9.59 Å². The molecule has 3 rings (SSSR count). The summed E-state index contributed by atoms with van der Waals surface area (Å²) in [5.41, 5.74) is 3.71. The number of aryl methyl sites for hydroxylation is 2. The molecule has 2 aromatic carbocycles. The molecule has 25 heavy (non-hydrogen) atoms. The summed E-state index contributed by atoms with van der Waals surface area (Å²) < 4.78 is 0. The average molecular weight is 336 g/mol. The molecule has 0 saturated carbocycles. The largest absolute Gasteiger partial charge is 0.343 e. The van der Waals surface area contributed by atoms with Crippen LogP contribution in [0.15, 0.2) is 48.5 Å². The number of benzene rings is 2. The highest BCUT2D eigenvalue weighted by atomic mass is 16.2. The second kappa shape index (κ2) is 7.51. The van der Waals surface area contributed by atoms with E-state index < -0.39 is 0 Å². The van der Waals surface area contributed by atoms with E-state index in [4.69, 9.17) is 0 Å². The maximum Gasteiger partial charge on any atom is 0.252 e. The first-order chi connectivity index (χ1) is 12.0. The zero-order valence-corrected chi connectivity index (χ0v) is 14.8. The molecule has 1 heterocycles. The molecule has 1 saturated heterocycles. The summed E-state index contributed by atoms with van der Waals surface area (Å²) in [7, 11) is 0. The van der Waals surface area contributed by atoms with E-state index >= 15 is 0 Å². The van der Waals surface area contributed by atoms with Gasteiger partial charge in [-0.1, -0.05) is 48.0 Å². The molecule has 130 valence electrons. The number of carbonyl (C=O) groups excluding carboxylic acids is 2. The SMILES string of the molecule is Cc1ccc(C)c(C(=O)NC(CN2CCCC2=O)c2ccccc2)c1. The monoisotopic (exact) mass is 336 g/mol. The number of nitrogens with one attached hydrogen (secondary N) is 1. The van der Waals surface area contributed by atoms with Gasteiger partial charge in [-0.25, -0.2) is 0 Å². The molecule has 2 aromatic rings. The van der Waals surface area contributed by atoms with Gasteiger partial charge in [0.15, 0.2) is 0 Å². The summed E-state index contributed by atoms with van der Waals surface area (Å²) in [5, 5.41) is 3.13. The van der Waals surface area contributed by atoms with E-state index in [9.17, 15) is 9.59 Å². The van der Waals surface area contributed by atoms with E-state index in [1.165, 1.54) is 0 Å². The Balaban J connectivity index is 1.83. The van der Waals surface area contributed by atoms with Crippen LogP contribution in [0, 0.1) is 13.8 Å². The first-order valence-corrected chi connectivity index (χ1v) is 8.75. The number of nitrogens with zero attached hydrogens (tertiary/aromatic N) is 1. The predicted molar refractivity (Wildman–Crippen MR) is 98.4 cm³/mol. The number of hydrogen-bond acceptors (Lipinski definition) is 2. The molecule has 1 N–H and O–H groups in total. The first kappa shape index (κ1) is 17.2. The fourth-order valence-corrected chi connectivity index (χ4v) is 3.25. The van der Waals surface area contributed by atoms with Gasteiger partial charge in [0.05, 0.1) is 6.04 Å². The topological polar surface area (TPSA) is 49.4 Å². The minimum Gasteiger partial charge on any atom is -0.343 e. The van der Waals surface area contributed by atoms with Gasteiger partial charge in [0, 0.05) is 25.1 Å². The van der Waals surface area contributed by atoms with Crippen LogP contribution < -0.4 is 5.32 Å². The number of rotatable bonds is 5. The summed E-state index contributed by atoms with van der Waals surface area (Å²) in [4.78, 5) is 26.7. The lowest BCUT2D eigenvalue weighted by Crippen LogP contribution is -2.38. The molecule has 1 atom stereocenters. The van der Waals surface area contributed by atoms with Crippen LogP contribution in [0.25, 0.3) is 0 Å². The van der Waals surface area contributed by atoms with Crippen molar-refractivity contribution in [2.24, 2.45) is 0 Å². The van der Waals surface area contributed by atoms with Crippen molar-refractivity contribution < 1.29 is 9.59 Å². The van der Waals surface area contributed by atoms with Crippen LogP contribution in [0.4, 0.5) is 0 Å². The average Bonchev–Trinajstić information content (AvgIpc) is 3.02. The summed E-state index contributed by atoms with van der Waals surface area (Å²) in [6.07, 6.45) is 1.50. The number of hydrogen-bond donors (Lipinski definition) is 1. The highest BCUT2D eigenvalue weighted by molar-refractivity contribution is 5.96. The van der Waals surface area contributed by atoms with Crippen molar-refractivity contribution in [3.8, 4) is 0 Å². The normalized spacial score (nSPS) is 15.3. The Hall–Kier alpha value is -2.62. The maximum absolute atomic E-state index is 12.8. The Morgan fingerprint density at radius 3 is 2.60 bits per heavy atom. The lowest BCUT2D eigenvalue weighted by molar-refractivity contribution is -0.128. The molecule has 1 unspecified atom stereocenters. The van der Waals surface area contributed by atoms with Gasteiger partial charge in [0.2, 0.25) is 5.91 Å². The van der Waals surface area contributed by atoms with Gasteiger partial charge < -0.3 is 10.2 Å². The zero-order chi connectivity index (χ0) is 17.8. The lowest BCUT2D eigenvalue weighted by Gasteiger charge is -2.25. The van der Waals surface area contributed by atoms with Crippen molar-refractivity contribution in [2.75, 3.05) is 13.1 Å². The van der Waals surface area contributed by atoms with Crippen molar-refractivity contribution >= 4 is 11.8 Å². The molecule has 4 heteroatoms. The van der Waals surface area contributed by atoms with Crippen molar-refractivity contribution in [1.29, 1.82) is 0 Å². The Bertz CT molecular complexity index is 771. The first-order valence-electron chi connectivity index (χ1n) is 8.75. The molecule has 1 aliphatic rings. The summed E-state index contributed by atoms with van der Waals surface area (Å²) in [6, 6.07) is 15.5. The minimum absolute atomic E-state index is 0.0956. The van der Waals surface area contributed by atoms with Gasteiger partial charge in [0.1, 0.15) is 0 Å². The third kappa shape index (κ3) is 4.08. The molecular weight excluding hydrogens is 312 g/mol. The molecule has 0 bridgehead atoms. The van der Waals surface area contributed by atoms with Gasteiger partial charge in [-0.2, -0.15) is 0 Å². The molecular formula is C21H24N2O2. The van der Waals surface area contributed by atoms with Crippen LogP contribution in [-0.4, -0.2) is 29.8 Å². The predicted octanol–water partition coefficient (Wildman–Crippen LogP) is 3.40. The fourth-order valence-electron chi connectivity index (χ4n) is 3.25. The van der Waals surface area contributed by atoms with Crippen LogP contribution in [0.1, 0.15) is 45.9 Å². The number of carbonyl (C=O) groups is 2. The Labute approximate surface area is 148 Å². The maximum atomic E-state index is 12.8. The third-order valence-corrected chi connectivity index (χ3v) is 4.72. The fraction of sp³-hybridized carbons (Fsp3) is 0.333. The second-order valence-corrected chi connectivity index (χ2v) is 6.70. The molecule has 1 aliphatic heterocycles. The van der Waals surface area contributed by atoms with Crippen LogP contribution in [0.2, 0.25) is 0 Å². The van der Waals surface area contributed by atoms with Crippen molar-refractivity contribution in [3.05, 3.63) is 70.8 Å². The van der Waals surface area contributed by atoms with Crippen LogP contribution >= 0.6 is 0 Å². The van der Waals surface area contributed by atoms with Crippen molar-refractivity contribution in [3.63, 3.8) is 0 Å². The van der Waals surface area contributed by atoms with Crippen LogP contribution in [0.5, 0.6) is 0 Å². The standard InChI is InChI=1S/C21H24N2O2/c1-15-10-11-16(2)18(13-15)21(25)22-19(17-7-4-3-5-8-17)14-23-12-6-9-20(23)24/h3-5,7-8,10-11,13,19H,6,9,12,14H2,1-2H3,(H,22,25). The zero-order valence-electron chi connectivity index (χ0n) is 14.8. The van der Waals surface area contributed by atoms with Crippen LogP contribution in [0.3, 0.4) is 0 Å². The van der Waals surface area contributed by atoms with Gasteiger partial charge >= 0.3 is 0 Å². The molecule has 0 aliphatic carbocycles. The van der Waals surface area contributed by atoms with E-state index in [-0.39, 0.29) is 17.9 Å². The molecule has 0 spiro atoms. The summed E-state index contributed by atoms with van der Waals surface area (Å²) in [6.45, 7) is 5.20. The van der Waals surface area contributed by atoms with E-state index in [1.54, 1.807) is 0 Å². The van der Waals surface area contributed by atoms with Crippen LogP contribution in [-0.2, 0) is 4.79 Å². The van der Waals surface area contributed by atoms with Gasteiger partial charge in [-0.15, -0.1) is 0 Å². The highest BCUT2D eigenvalue weighted by Crippen LogP contribution is 2.20. The third-order valence-electron chi connectivity index (χ3n) is 4.72. The summed E-state index contributed by atoms with van der Waals surface area (Å²) in [5.74, 6) is 0.0728. The number of likely N-dealkylation sites (tertiary alicyclic amines) is 1. The molecule has 1 fully saturated rings. The Kier molecular flexibility index (Phi) is 5.17. The molecule has 4 nitrogen and oxygen atoms in total. The Morgan fingerprint density at radius 2 is 1.92 bits per heavy atom. The molecule has 0 aromatic heterocycles. The van der Waals surface area contributed by atoms with E-state index in [0.717, 1.165) is 29.7 Å². The number of amides is 2.